The second-order valence-electron chi connectivity index (χ2n) is 7.14. The molecule has 0 bridgehead atoms. The van der Waals surface area contributed by atoms with Gasteiger partial charge < -0.3 is 15.0 Å². The van der Waals surface area contributed by atoms with Crippen LogP contribution < -0.4 is 5.32 Å². The van der Waals surface area contributed by atoms with Gasteiger partial charge in [0.2, 0.25) is 0 Å². The van der Waals surface area contributed by atoms with Gasteiger partial charge in [0.25, 0.3) is 5.91 Å². The van der Waals surface area contributed by atoms with Crippen LogP contribution in [0.2, 0.25) is 0 Å². The molecule has 2 aliphatic heterocycles. The van der Waals surface area contributed by atoms with Crippen molar-refractivity contribution in [1.29, 1.82) is 0 Å². The first-order valence-corrected chi connectivity index (χ1v) is 9.31. The number of halogens is 3. The summed E-state index contributed by atoms with van der Waals surface area (Å²) in [6.45, 7) is 4.41. The van der Waals surface area contributed by atoms with Gasteiger partial charge in [0, 0.05) is 25.2 Å². The third kappa shape index (κ3) is 3.47. The van der Waals surface area contributed by atoms with Crippen molar-refractivity contribution >= 4 is 11.9 Å². The summed E-state index contributed by atoms with van der Waals surface area (Å²) >= 11 is 0. The number of hydrogen-bond donors (Lipinski definition) is 1. The van der Waals surface area contributed by atoms with Crippen molar-refractivity contribution in [1.82, 2.24) is 10.2 Å². The van der Waals surface area contributed by atoms with Crippen LogP contribution in [0.1, 0.15) is 37.3 Å². The Hall–Kier alpha value is -2.51. The average molecular weight is 396 g/mol. The summed E-state index contributed by atoms with van der Waals surface area (Å²) in [5.74, 6) is -1.94. The lowest BCUT2D eigenvalue weighted by Gasteiger charge is -2.43. The van der Waals surface area contributed by atoms with Gasteiger partial charge in [-0.3, -0.25) is 4.79 Å². The summed E-state index contributed by atoms with van der Waals surface area (Å²) in [5, 5.41) is 2.10. The monoisotopic (exact) mass is 396 g/mol. The summed E-state index contributed by atoms with van der Waals surface area (Å²) in [4.78, 5) is 26.9. The van der Waals surface area contributed by atoms with E-state index in [1.807, 2.05) is 0 Å². The van der Waals surface area contributed by atoms with E-state index in [0.717, 1.165) is 18.4 Å². The Morgan fingerprint density at radius 2 is 1.82 bits per heavy atom. The lowest BCUT2D eigenvalue weighted by molar-refractivity contribution is -0.205. The van der Waals surface area contributed by atoms with Crippen molar-refractivity contribution < 1.29 is 27.5 Å². The SMILES string of the molecule is CCOC(=O)C1=C(N2CCCC2)C[C@@](c2ccc(C)cc2)(C(F)(F)F)NC1=O. The number of benzene rings is 1. The lowest BCUT2D eigenvalue weighted by Crippen LogP contribution is -2.60. The third-order valence-electron chi connectivity index (χ3n) is 5.27. The van der Waals surface area contributed by atoms with Gasteiger partial charge >= 0.3 is 12.1 Å². The van der Waals surface area contributed by atoms with E-state index in [-0.39, 0.29) is 23.4 Å². The minimum absolute atomic E-state index is 0.0330. The normalized spacial score (nSPS) is 23.0. The van der Waals surface area contributed by atoms with E-state index in [4.69, 9.17) is 4.74 Å². The number of likely N-dealkylation sites (tertiary alicyclic amines) is 1. The van der Waals surface area contributed by atoms with Gasteiger partial charge in [0.1, 0.15) is 5.57 Å². The van der Waals surface area contributed by atoms with Crippen molar-refractivity contribution in [2.24, 2.45) is 0 Å². The number of hydrogen-bond acceptors (Lipinski definition) is 4. The molecule has 0 saturated carbocycles. The van der Waals surface area contributed by atoms with Gasteiger partial charge in [-0.15, -0.1) is 0 Å². The zero-order valence-electron chi connectivity index (χ0n) is 15.9. The van der Waals surface area contributed by atoms with Crippen molar-refractivity contribution in [3.8, 4) is 0 Å². The molecule has 0 spiro atoms. The van der Waals surface area contributed by atoms with Crippen LogP contribution in [0.5, 0.6) is 0 Å². The molecule has 5 nitrogen and oxygen atoms in total. The topological polar surface area (TPSA) is 58.6 Å². The quantitative estimate of drug-likeness (QED) is 0.627. The maximum atomic E-state index is 14.3. The Bertz CT molecular complexity index is 796. The highest BCUT2D eigenvalue weighted by molar-refractivity contribution is 6.17. The highest BCUT2D eigenvalue weighted by Gasteiger charge is 2.60. The molecule has 2 heterocycles. The van der Waals surface area contributed by atoms with Crippen LogP contribution in [0.3, 0.4) is 0 Å². The first kappa shape index (κ1) is 20.2. The molecule has 1 fully saturated rings. The zero-order valence-corrected chi connectivity index (χ0v) is 15.9. The number of esters is 1. The first-order chi connectivity index (χ1) is 13.2. The Balaban J connectivity index is 2.16. The van der Waals surface area contributed by atoms with E-state index in [0.29, 0.717) is 13.1 Å². The molecule has 1 aromatic rings. The first-order valence-electron chi connectivity index (χ1n) is 9.31. The van der Waals surface area contributed by atoms with Gasteiger partial charge in [0.15, 0.2) is 5.54 Å². The second kappa shape index (κ2) is 7.48. The standard InChI is InChI=1S/C20H23F3N2O3/c1-3-28-18(27)16-15(25-10-4-5-11-25)12-19(20(21,22)23,24-17(16)26)14-8-6-13(2)7-9-14/h6-9H,3-5,10-12H2,1-2H3,(H,24,26)/t19-/m1/s1. The Morgan fingerprint density at radius 1 is 1.21 bits per heavy atom. The van der Waals surface area contributed by atoms with Crippen molar-refractivity contribution in [2.45, 2.75) is 44.8 Å². The number of carbonyl (C=O) groups is 2. The van der Waals surface area contributed by atoms with Gasteiger partial charge in [-0.25, -0.2) is 4.79 Å². The molecule has 0 aliphatic carbocycles. The number of amides is 1. The Kier molecular flexibility index (Phi) is 5.41. The van der Waals surface area contributed by atoms with Crippen LogP contribution in [0.4, 0.5) is 13.2 Å². The van der Waals surface area contributed by atoms with Crippen LogP contribution >= 0.6 is 0 Å². The molecule has 1 amide bonds. The van der Waals surface area contributed by atoms with E-state index >= 15 is 0 Å². The molecular formula is C20H23F3N2O3. The highest BCUT2D eigenvalue weighted by Crippen LogP contribution is 2.47. The van der Waals surface area contributed by atoms with Gasteiger partial charge in [0.05, 0.1) is 6.61 Å². The number of nitrogens with zero attached hydrogens (tertiary/aromatic N) is 1. The van der Waals surface area contributed by atoms with E-state index < -0.39 is 30.0 Å². The minimum atomic E-state index is -4.75. The molecule has 8 heteroatoms. The Labute approximate surface area is 161 Å². The molecule has 0 aromatic heterocycles. The molecule has 28 heavy (non-hydrogen) atoms. The predicted molar refractivity (Wildman–Crippen MR) is 96.1 cm³/mol. The molecule has 152 valence electrons. The van der Waals surface area contributed by atoms with Crippen molar-refractivity contribution in [3.05, 3.63) is 46.7 Å². The molecular weight excluding hydrogens is 373 g/mol. The summed E-state index contributed by atoms with van der Waals surface area (Å²) in [6, 6.07) is 5.91. The minimum Gasteiger partial charge on any atom is -0.462 e. The molecule has 0 unspecified atom stereocenters. The van der Waals surface area contributed by atoms with Crippen LogP contribution in [0.15, 0.2) is 35.5 Å². The van der Waals surface area contributed by atoms with Crippen LogP contribution in [-0.2, 0) is 19.9 Å². The fourth-order valence-corrected chi connectivity index (χ4v) is 3.79. The van der Waals surface area contributed by atoms with Crippen LogP contribution in [-0.4, -0.2) is 42.6 Å². The van der Waals surface area contributed by atoms with E-state index in [1.54, 1.807) is 30.9 Å². The number of ether oxygens (including phenoxy) is 1. The van der Waals surface area contributed by atoms with E-state index in [2.05, 4.69) is 5.32 Å². The smallest absolute Gasteiger partial charge is 0.416 e. The lowest BCUT2D eigenvalue weighted by atomic mass is 9.80. The molecule has 3 rings (SSSR count). The molecule has 0 radical (unpaired) electrons. The predicted octanol–water partition coefficient (Wildman–Crippen LogP) is 3.19. The number of carbonyl (C=O) groups excluding carboxylic acids is 2. The summed E-state index contributed by atoms with van der Waals surface area (Å²) in [7, 11) is 0. The third-order valence-corrected chi connectivity index (χ3v) is 5.27. The maximum absolute atomic E-state index is 14.3. The van der Waals surface area contributed by atoms with E-state index in [1.165, 1.54) is 12.1 Å². The average Bonchev–Trinajstić information content (AvgIpc) is 3.15. The van der Waals surface area contributed by atoms with Crippen molar-refractivity contribution in [3.63, 3.8) is 0 Å². The number of nitrogens with one attached hydrogen (secondary N) is 1. The van der Waals surface area contributed by atoms with E-state index in [9.17, 15) is 22.8 Å². The Morgan fingerprint density at radius 3 is 2.36 bits per heavy atom. The number of aryl methyl sites for hydroxylation is 1. The van der Waals surface area contributed by atoms with Gasteiger partial charge in [-0.1, -0.05) is 29.8 Å². The molecule has 2 aliphatic rings. The molecule has 1 saturated heterocycles. The molecule has 1 aromatic carbocycles. The fraction of sp³-hybridized carbons (Fsp3) is 0.500. The van der Waals surface area contributed by atoms with Gasteiger partial charge in [-0.2, -0.15) is 13.2 Å². The molecule has 1 N–H and O–H groups in total. The fourth-order valence-electron chi connectivity index (χ4n) is 3.79. The van der Waals surface area contributed by atoms with Crippen LogP contribution in [0.25, 0.3) is 0 Å². The second-order valence-corrected chi connectivity index (χ2v) is 7.14. The summed E-state index contributed by atoms with van der Waals surface area (Å²) in [6.07, 6.45) is -3.70. The highest BCUT2D eigenvalue weighted by atomic mass is 19.4. The van der Waals surface area contributed by atoms with Gasteiger partial charge in [-0.05, 0) is 32.3 Å². The summed E-state index contributed by atoms with van der Waals surface area (Å²) < 4.78 is 47.9. The largest absolute Gasteiger partial charge is 0.462 e. The summed E-state index contributed by atoms with van der Waals surface area (Å²) in [5.41, 5.74) is -2.05. The van der Waals surface area contributed by atoms with Crippen molar-refractivity contribution in [2.75, 3.05) is 19.7 Å². The molecule has 1 atom stereocenters. The number of rotatable bonds is 4. The number of alkyl halides is 3. The van der Waals surface area contributed by atoms with Crippen LogP contribution in [0, 0.1) is 6.92 Å². The zero-order chi connectivity index (χ0) is 20.5. The maximum Gasteiger partial charge on any atom is 0.416 e.